The highest BCUT2D eigenvalue weighted by atomic mass is 32.1. The molecule has 4 aromatic rings. The molecule has 1 atom stereocenters. The van der Waals surface area contributed by atoms with Crippen LogP contribution in [0.1, 0.15) is 18.0 Å². The molecule has 1 amide bonds. The number of benzene rings is 1. The Balaban J connectivity index is 1.56. The number of aromatic nitrogens is 3. The number of thiazole rings is 1. The molecule has 0 saturated carbocycles. The van der Waals surface area contributed by atoms with Crippen LogP contribution in [0.2, 0.25) is 0 Å². The van der Waals surface area contributed by atoms with E-state index in [1.165, 1.54) is 22.1 Å². The number of hydrogen-bond donors (Lipinski definition) is 1. The van der Waals surface area contributed by atoms with Crippen LogP contribution >= 0.6 is 22.7 Å². The summed E-state index contributed by atoms with van der Waals surface area (Å²) in [6.45, 7) is 3.62. The Morgan fingerprint density at radius 2 is 1.97 bits per heavy atom. The van der Waals surface area contributed by atoms with Crippen LogP contribution in [-0.4, -0.2) is 20.7 Å². The summed E-state index contributed by atoms with van der Waals surface area (Å²) in [4.78, 5) is 30.5. The van der Waals surface area contributed by atoms with Crippen LogP contribution in [0.25, 0.3) is 21.8 Å². The number of carbonyl (C=O) groups is 1. The van der Waals surface area contributed by atoms with E-state index in [4.69, 9.17) is 0 Å². The fourth-order valence-electron chi connectivity index (χ4n) is 2.87. The maximum atomic E-state index is 12.8. The fraction of sp³-hybridized carbons (Fsp3) is 0.143. The maximum absolute atomic E-state index is 12.8. The van der Waals surface area contributed by atoms with Gasteiger partial charge in [-0.25, -0.2) is 9.67 Å². The minimum atomic E-state index is -0.757. The molecule has 3 heterocycles. The molecule has 0 bridgehead atoms. The van der Waals surface area contributed by atoms with E-state index in [1.807, 2.05) is 54.1 Å². The highest BCUT2D eigenvalue weighted by Crippen LogP contribution is 2.25. The average Bonchev–Trinajstić information content (AvgIpc) is 3.40. The van der Waals surface area contributed by atoms with Gasteiger partial charge in [0.15, 0.2) is 0 Å². The lowest BCUT2D eigenvalue weighted by Gasteiger charge is -2.15. The number of hydrogen-bond acceptors (Lipinski definition) is 6. The van der Waals surface area contributed by atoms with Crippen molar-refractivity contribution < 1.29 is 4.79 Å². The monoisotopic (exact) mass is 422 g/mol. The van der Waals surface area contributed by atoms with Crippen molar-refractivity contribution in [3.05, 3.63) is 74.7 Å². The van der Waals surface area contributed by atoms with E-state index in [0.717, 1.165) is 21.1 Å². The summed E-state index contributed by atoms with van der Waals surface area (Å²) in [5.41, 5.74) is 2.79. The molecular formula is C21H18N4O2S2. The number of thiophene rings is 1. The zero-order valence-corrected chi connectivity index (χ0v) is 17.5. The van der Waals surface area contributed by atoms with Crippen molar-refractivity contribution in [3.8, 4) is 21.8 Å². The molecule has 4 rings (SSSR count). The van der Waals surface area contributed by atoms with Crippen molar-refractivity contribution in [3.63, 3.8) is 0 Å². The Labute approximate surface area is 175 Å². The molecule has 0 spiro atoms. The highest BCUT2D eigenvalue weighted by molar-refractivity contribution is 7.13. The van der Waals surface area contributed by atoms with Gasteiger partial charge in [-0.05, 0) is 43.5 Å². The minimum Gasteiger partial charge on any atom is -0.324 e. The molecule has 0 saturated heterocycles. The topological polar surface area (TPSA) is 76.9 Å². The quantitative estimate of drug-likeness (QED) is 0.510. The van der Waals surface area contributed by atoms with Crippen molar-refractivity contribution in [2.24, 2.45) is 0 Å². The summed E-state index contributed by atoms with van der Waals surface area (Å²) < 4.78 is 1.22. The van der Waals surface area contributed by atoms with Crippen LogP contribution in [-0.2, 0) is 4.79 Å². The van der Waals surface area contributed by atoms with Crippen molar-refractivity contribution in [2.45, 2.75) is 19.9 Å². The van der Waals surface area contributed by atoms with E-state index >= 15 is 0 Å². The molecule has 146 valence electrons. The smallest absolute Gasteiger partial charge is 0.267 e. The van der Waals surface area contributed by atoms with Gasteiger partial charge in [-0.15, -0.1) is 22.7 Å². The second-order valence-electron chi connectivity index (χ2n) is 6.48. The Morgan fingerprint density at radius 3 is 2.69 bits per heavy atom. The zero-order valence-electron chi connectivity index (χ0n) is 15.8. The van der Waals surface area contributed by atoms with E-state index in [1.54, 1.807) is 24.3 Å². The molecule has 0 radical (unpaired) electrons. The summed E-state index contributed by atoms with van der Waals surface area (Å²) in [7, 11) is 0. The molecule has 1 N–H and O–H groups in total. The van der Waals surface area contributed by atoms with E-state index < -0.39 is 6.04 Å². The second-order valence-corrected chi connectivity index (χ2v) is 8.49. The maximum Gasteiger partial charge on any atom is 0.267 e. The van der Waals surface area contributed by atoms with Crippen LogP contribution in [0.5, 0.6) is 0 Å². The van der Waals surface area contributed by atoms with E-state index in [-0.39, 0.29) is 11.5 Å². The van der Waals surface area contributed by atoms with Gasteiger partial charge in [0.05, 0.1) is 15.6 Å². The lowest BCUT2D eigenvalue weighted by molar-refractivity contribution is -0.119. The molecule has 0 fully saturated rings. The van der Waals surface area contributed by atoms with Gasteiger partial charge in [0.2, 0.25) is 5.91 Å². The second kappa shape index (κ2) is 8.10. The number of nitrogens with one attached hydrogen (secondary N) is 1. The predicted molar refractivity (Wildman–Crippen MR) is 117 cm³/mol. The summed E-state index contributed by atoms with van der Waals surface area (Å²) in [6.07, 6.45) is 0. The molecule has 6 nitrogen and oxygen atoms in total. The van der Waals surface area contributed by atoms with E-state index in [9.17, 15) is 9.59 Å². The Morgan fingerprint density at radius 1 is 1.10 bits per heavy atom. The SMILES string of the molecule is Cc1nc(-c2cccc(NC(=O)C(C)n3nc(-c4cccs4)ccc3=O)c2)cs1. The number of aryl methyl sites for hydroxylation is 1. The standard InChI is InChI=1S/C21H18N4O2S2/c1-13(25-20(26)9-8-17(24-25)19-7-4-10-28-19)21(27)23-16-6-3-5-15(11-16)18-12-29-14(2)22-18/h3-13H,1-2H3,(H,23,27). The van der Waals surface area contributed by atoms with Crippen molar-refractivity contribution in [1.29, 1.82) is 0 Å². The summed E-state index contributed by atoms with van der Waals surface area (Å²) in [5, 5.41) is 12.2. The van der Waals surface area contributed by atoms with Crippen LogP contribution < -0.4 is 10.9 Å². The third kappa shape index (κ3) is 4.18. The predicted octanol–water partition coefficient (Wildman–Crippen LogP) is 4.60. The van der Waals surface area contributed by atoms with Gasteiger partial charge < -0.3 is 5.32 Å². The normalized spacial score (nSPS) is 11.9. The largest absolute Gasteiger partial charge is 0.324 e. The molecular weight excluding hydrogens is 404 g/mol. The first-order valence-corrected chi connectivity index (χ1v) is 10.7. The Hall–Kier alpha value is -3.10. The van der Waals surface area contributed by atoms with Crippen LogP contribution in [0.15, 0.2) is 64.1 Å². The lowest BCUT2D eigenvalue weighted by atomic mass is 10.1. The first-order chi connectivity index (χ1) is 14.0. The van der Waals surface area contributed by atoms with Gasteiger partial charge in [-0.1, -0.05) is 18.2 Å². The first-order valence-electron chi connectivity index (χ1n) is 8.98. The number of amides is 1. The summed E-state index contributed by atoms with van der Waals surface area (Å²) >= 11 is 3.11. The molecule has 29 heavy (non-hydrogen) atoms. The molecule has 8 heteroatoms. The van der Waals surface area contributed by atoms with Crippen LogP contribution in [0, 0.1) is 6.92 Å². The molecule has 0 aliphatic carbocycles. The zero-order chi connectivity index (χ0) is 20.4. The van der Waals surface area contributed by atoms with Gasteiger partial charge >= 0.3 is 0 Å². The number of anilines is 1. The Kier molecular flexibility index (Phi) is 5.37. The molecule has 1 unspecified atom stereocenters. The molecule has 0 aliphatic rings. The van der Waals surface area contributed by atoms with E-state index in [2.05, 4.69) is 15.4 Å². The van der Waals surface area contributed by atoms with Gasteiger partial charge in [0, 0.05) is 22.7 Å². The third-order valence-electron chi connectivity index (χ3n) is 4.39. The molecule has 0 aliphatic heterocycles. The van der Waals surface area contributed by atoms with Crippen molar-refractivity contribution in [1.82, 2.24) is 14.8 Å². The van der Waals surface area contributed by atoms with E-state index in [0.29, 0.717) is 11.4 Å². The minimum absolute atomic E-state index is 0.311. The fourth-order valence-corrected chi connectivity index (χ4v) is 4.18. The van der Waals surface area contributed by atoms with Gasteiger partial charge in [-0.3, -0.25) is 9.59 Å². The molecule has 3 aromatic heterocycles. The third-order valence-corrected chi connectivity index (χ3v) is 6.06. The highest BCUT2D eigenvalue weighted by Gasteiger charge is 2.19. The summed E-state index contributed by atoms with van der Waals surface area (Å²) in [5.74, 6) is -0.311. The van der Waals surface area contributed by atoms with Gasteiger partial charge in [0.25, 0.3) is 5.56 Å². The number of carbonyl (C=O) groups excluding carboxylic acids is 1. The van der Waals surface area contributed by atoms with Crippen molar-refractivity contribution in [2.75, 3.05) is 5.32 Å². The number of nitrogens with zero attached hydrogens (tertiary/aromatic N) is 3. The van der Waals surface area contributed by atoms with Crippen LogP contribution in [0.4, 0.5) is 5.69 Å². The summed E-state index contributed by atoms with van der Waals surface area (Å²) in [6, 6.07) is 13.7. The first kappa shape index (κ1) is 19.2. The molecule has 1 aromatic carbocycles. The average molecular weight is 423 g/mol. The Bertz CT molecular complexity index is 1210. The van der Waals surface area contributed by atoms with Crippen LogP contribution in [0.3, 0.4) is 0 Å². The van der Waals surface area contributed by atoms with Gasteiger partial charge in [-0.2, -0.15) is 5.10 Å². The van der Waals surface area contributed by atoms with Gasteiger partial charge in [0.1, 0.15) is 11.7 Å². The van der Waals surface area contributed by atoms with Crippen molar-refractivity contribution >= 4 is 34.3 Å². The number of rotatable bonds is 5. The lowest BCUT2D eigenvalue weighted by Crippen LogP contribution is -2.33.